The van der Waals surface area contributed by atoms with Gasteiger partial charge < -0.3 is 20.5 Å². The molecule has 0 heterocycles. The first kappa shape index (κ1) is 22.2. The van der Waals surface area contributed by atoms with E-state index in [4.69, 9.17) is 4.74 Å². The van der Waals surface area contributed by atoms with Crippen molar-refractivity contribution in [3.8, 4) is 5.75 Å². The Hall–Kier alpha value is -1.87. The number of aliphatic hydroxyl groups excluding tert-OH is 1. The van der Waals surface area contributed by atoms with Crippen molar-refractivity contribution >= 4 is 29.9 Å². The predicted octanol–water partition coefficient (Wildman–Crippen LogP) is 2.94. The standard InChI is InChI=1S/C19H24FN3O2.HI/c1-2-21-19(22-12-15-6-4-3-5-7-15)23-13-17(24)14-25-18-10-8-16(20)9-11-18;/h3-11,17,24H,2,12-14H2,1H3,(H2,21,22,23);1H. The highest BCUT2D eigenvalue weighted by atomic mass is 127. The second kappa shape index (κ2) is 12.5. The monoisotopic (exact) mass is 473 g/mol. The lowest BCUT2D eigenvalue weighted by molar-refractivity contribution is 0.110. The largest absolute Gasteiger partial charge is 0.491 e. The average molecular weight is 473 g/mol. The van der Waals surface area contributed by atoms with Gasteiger partial charge in [-0.2, -0.15) is 0 Å². The van der Waals surface area contributed by atoms with Crippen LogP contribution in [0.1, 0.15) is 12.5 Å². The third kappa shape index (κ3) is 8.48. The van der Waals surface area contributed by atoms with Crippen LogP contribution < -0.4 is 15.4 Å². The van der Waals surface area contributed by atoms with Crippen LogP contribution in [0.4, 0.5) is 4.39 Å². The smallest absolute Gasteiger partial charge is 0.191 e. The summed E-state index contributed by atoms with van der Waals surface area (Å²) in [5, 5.41) is 16.2. The van der Waals surface area contributed by atoms with E-state index in [1.807, 2.05) is 37.3 Å². The molecule has 5 nitrogen and oxygen atoms in total. The van der Waals surface area contributed by atoms with Gasteiger partial charge in [0.2, 0.25) is 0 Å². The maximum Gasteiger partial charge on any atom is 0.191 e. The minimum atomic E-state index is -0.717. The Bertz CT molecular complexity index is 654. The summed E-state index contributed by atoms with van der Waals surface area (Å²) in [6, 6.07) is 15.6. The molecule has 0 aromatic heterocycles. The van der Waals surface area contributed by atoms with Gasteiger partial charge in [-0.3, -0.25) is 0 Å². The Morgan fingerprint density at radius 1 is 1.12 bits per heavy atom. The summed E-state index contributed by atoms with van der Waals surface area (Å²) in [7, 11) is 0. The molecule has 26 heavy (non-hydrogen) atoms. The van der Waals surface area contributed by atoms with E-state index in [-0.39, 0.29) is 36.4 Å². The summed E-state index contributed by atoms with van der Waals surface area (Å²) in [4.78, 5) is 4.48. The molecule has 0 spiro atoms. The molecule has 7 heteroatoms. The Morgan fingerprint density at radius 2 is 1.81 bits per heavy atom. The molecule has 0 aliphatic carbocycles. The predicted molar refractivity (Wildman–Crippen MR) is 113 cm³/mol. The molecule has 142 valence electrons. The minimum absolute atomic E-state index is 0. The van der Waals surface area contributed by atoms with E-state index in [0.717, 1.165) is 12.1 Å². The molecule has 0 amide bonds. The Labute approximate surface area is 170 Å². The molecular formula is C19H25FIN3O2. The molecule has 0 fully saturated rings. The first-order valence-corrected chi connectivity index (χ1v) is 8.30. The van der Waals surface area contributed by atoms with Gasteiger partial charge in [-0.25, -0.2) is 9.38 Å². The number of nitrogens with zero attached hydrogens (tertiary/aromatic N) is 1. The molecule has 0 saturated heterocycles. The fourth-order valence-corrected chi connectivity index (χ4v) is 2.09. The number of hydrogen-bond donors (Lipinski definition) is 3. The molecule has 2 aromatic carbocycles. The lowest BCUT2D eigenvalue weighted by Gasteiger charge is -2.16. The normalized spacial score (nSPS) is 12.0. The van der Waals surface area contributed by atoms with Gasteiger partial charge in [-0.1, -0.05) is 30.3 Å². The van der Waals surface area contributed by atoms with Crippen molar-refractivity contribution in [1.82, 2.24) is 10.6 Å². The van der Waals surface area contributed by atoms with Crippen LogP contribution in [-0.2, 0) is 6.54 Å². The third-order valence-electron chi connectivity index (χ3n) is 3.37. The summed E-state index contributed by atoms with van der Waals surface area (Å²) in [5.41, 5.74) is 1.11. The third-order valence-corrected chi connectivity index (χ3v) is 3.37. The van der Waals surface area contributed by atoms with Crippen LogP contribution in [0.5, 0.6) is 5.75 Å². The molecule has 2 rings (SSSR count). The molecule has 0 aliphatic heterocycles. The first-order chi connectivity index (χ1) is 12.2. The number of ether oxygens (including phenoxy) is 1. The average Bonchev–Trinajstić information content (AvgIpc) is 2.64. The summed E-state index contributed by atoms with van der Waals surface area (Å²) in [5.74, 6) is 0.830. The van der Waals surface area contributed by atoms with Crippen LogP contribution in [0.15, 0.2) is 59.6 Å². The number of benzene rings is 2. The molecule has 0 saturated carbocycles. The van der Waals surface area contributed by atoms with Crippen molar-refractivity contribution in [3.63, 3.8) is 0 Å². The summed E-state index contributed by atoms with van der Waals surface area (Å²) < 4.78 is 18.3. The summed E-state index contributed by atoms with van der Waals surface area (Å²) in [6.45, 7) is 3.66. The minimum Gasteiger partial charge on any atom is -0.491 e. The Balaban J connectivity index is 0.00000338. The van der Waals surface area contributed by atoms with Crippen LogP contribution in [0.25, 0.3) is 0 Å². The summed E-state index contributed by atoms with van der Waals surface area (Å²) in [6.07, 6.45) is -0.717. The highest BCUT2D eigenvalue weighted by Gasteiger charge is 2.07. The van der Waals surface area contributed by atoms with Crippen LogP contribution in [0.2, 0.25) is 0 Å². The van der Waals surface area contributed by atoms with Crippen molar-refractivity contribution in [2.24, 2.45) is 4.99 Å². The Kier molecular flexibility index (Phi) is 10.6. The second-order valence-corrected chi connectivity index (χ2v) is 5.48. The zero-order valence-electron chi connectivity index (χ0n) is 14.7. The SMILES string of the molecule is CCNC(=NCc1ccccc1)NCC(O)COc1ccc(F)cc1.I. The highest BCUT2D eigenvalue weighted by molar-refractivity contribution is 14.0. The topological polar surface area (TPSA) is 65.9 Å². The number of nitrogens with one attached hydrogen (secondary N) is 2. The van der Waals surface area contributed by atoms with Crippen molar-refractivity contribution in [2.45, 2.75) is 19.6 Å². The summed E-state index contributed by atoms with van der Waals surface area (Å²) >= 11 is 0. The van der Waals surface area contributed by atoms with Gasteiger partial charge in [0.05, 0.1) is 6.54 Å². The van der Waals surface area contributed by atoms with E-state index in [9.17, 15) is 9.50 Å². The fraction of sp³-hybridized carbons (Fsp3) is 0.316. The van der Waals surface area contributed by atoms with Crippen molar-refractivity contribution in [1.29, 1.82) is 0 Å². The maximum absolute atomic E-state index is 12.8. The highest BCUT2D eigenvalue weighted by Crippen LogP contribution is 2.11. The zero-order valence-corrected chi connectivity index (χ0v) is 17.0. The van der Waals surface area contributed by atoms with Crippen LogP contribution in [-0.4, -0.2) is 36.9 Å². The second-order valence-electron chi connectivity index (χ2n) is 5.48. The van der Waals surface area contributed by atoms with E-state index in [1.165, 1.54) is 24.3 Å². The van der Waals surface area contributed by atoms with Gasteiger partial charge in [0.15, 0.2) is 5.96 Å². The number of hydrogen-bond acceptors (Lipinski definition) is 3. The van der Waals surface area contributed by atoms with Crippen LogP contribution in [0.3, 0.4) is 0 Å². The molecular weight excluding hydrogens is 448 g/mol. The van der Waals surface area contributed by atoms with E-state index < -0.39 is 6.10 Å². The van der Waals surface area contributed by atoms with Crippen LogP contribution >= 0.6 is 24.0 Å². The molecule has 0 bridgehead atoms. The number of aliphatic imine (C=N–C) groups is 1. The van der Waals surface area contributed by atoms with Gasteiger partial charge >= 0.3 is 0 Å². The fourth-order valence-electron chi connectivity index (χ4n) is 2.09. The number of rotatable bonds is 8. The van der Waals surface area contributed by atoms with Crippen LogP contribution in [0, 0.1) is 5.82 Å². The van der Waals surface area contributed by atoms with Gasteiger partial charge in [0, 0.05) is 13.1 Å². The molecule has 0 aliphatic rings. The van der Waals surface area contributed by atoms with E-state index >= 15 is 0 Å². The number of aliphatic hydroxyl groups is 1. The van der Waals surface area contributed by atoms with Crippen molar-refractivity contribution in [2.75, 3.05) is 19.7 Å². The lowest BCUT2D eigenvalue weighted by Crippen LogP contribution is -2.42. The van der Waals surface area contributed by atoms with E-state index in [1.54, 1.807) is 0 Å². The molecule has 2 aromatic rings. The molecule has 0 radical (unpaired) electrons. The Morgan fingerprint density at radius 3 is 2.46 bits per heavy atom. The lowest BCUT2D eigenvalue weighted by atomic mass is 10.2. The van der Waals surface area contributed by atoms with Crippen molar-refractivity contribution < 1.29 is 14.2 Å². The zero-order chi connectivity index (χ0) is 17.9. The quantitative estimate of drug-likeness (QED) is 0.314. The van der Waals surface area contributed by atoms with E-state index in [0.29, 0.717) is 24.8 Å². The first-order valence-electron chi connectivity index (χ1n) is 8.30. The molecule has 1 atom stereocenters. The van der Waals surface area contributed by atoms with Crippen molar-refractivity contribution in [3.05, 3.63) is 66.0 Å². The number of guanidine groups is 1. The number of halogens is 2. The van der Waals surface area contributed by atoms with Gasteiger partial charge in [0.1, 0.15) is 24.3 Å². The van der Waals surface area contributed by atoms with Gasteiger partial charge in [-0.05, 0) is 36.8 Å². The van der Waals surface area contributed by atoms with Gasteiger partial charge in [-0.15, -0.1) is 24.0 Å². The maximum atomic E-state index is 12.8. The molecule has 1 unspecified atom stereocenters. The van der Waals surface area contributed by atoms with E-state index in [2.05, 4.69) is 15.6 Å². The molecule has 3 N–H and O–H groups in total. The van der Waals surface area contributed by atoms with Gasteiger partial charge in [0.25, 0.3) is 0 Å².